The zero-order chi connectivity index (χ0) is 18.2. The van der Waals surface area contributed by atoms with Crippen LogP contribution in [0.4, 0.5) is 0 Å². The second-order valence-electron chi connectivity index (χ2n) is 6.31. The molecular formula is C21H25NO4. The maximum Gasteiger partial charge on any atom is 0.231 e. The van der Waals surface area contributed by atoms with Crippen molar-refractivity contribution < 1.29 is 19.0 Å². The number of aryl methyl sites for hydroxylation is 1. The number of carbonyl (C=O) groups is 1. The number of fused-ring (bicyclic) bond motifs is 1. The fourth-order valence-electron chi connectivity index (χ4n) is 2.82. The highest BCUT2D eigenvalue weighted by atomic mass is 16.7. The fraction of sp³-hybridized carbons (Fsp3) is 0.381. The summed E-state index contributed by atoms with van der Waals surface area (Å²) in [5.41, 5.74) is 2.24. The van der Waals surface area contributed by atoms with Crippen molar-refractivity contribution in [1.29, 1.82) is 0 Å². The predicted molar refractivity (Wildman–Crippen MR) is 99.3 cm³/mol. The zero-order valence-corrected chi connectivity index (χ0v) is 15.1. The first kappa shape index (κ1) is 18.3. The van der Waals surface area contributed by atoms with E-state index in [-0.39, 0.29) is 18.8 Å². The van der Waals surface area contributed by atoms with E-state index in [1.165, 1.54) is 5.56 Å². The molecule has 0 saturated heterocycles. The number of rotatable bonds is 9. The Bertz CT molecular complexity index is 717. The van der Waals surface area contributed by atoms with Crippen LogP contribution in [0.1, 0.15) is 37.0 Å². The lowest BCUT2D eigenvalue weighted by molar-refractivity contribution is -0.121. The maximum absolute atomic E-state index is 12.0. The number of hydrogen-bond donors (Lipinski definition) is 1. The van der Waals surface area contributed by atoms with Crippen LogP contribution in [0.2, 0.25) is 0 Å². The number of hydrogen-bond acceptors (Lipinski definition) is 4. The van der Waals surface area contributed by atoms with Crippen molar-refractivity contribution in [3.63, 3.8) is 0 Å². The van der Waals surface area contributed by atoms with Crippen LogP contribution in [-0.2, 0) is 16.0 Å². The Morgan fingerprint density at radius 1 is 1.15 bits per heavy atom. The number of ether oxygens (including phenoxy) is 3. The first-order valence-corrected chi connectivity index (χ1v) is 9.04. The van der Waals surface area contributed by atoms with Crippen molar-refractivity contribution >= 4 is 5.91 Å². The molecule has 1 atom stereocenters. The Labute approximate surface area is 154 Å². The van der Waals surface area contributed by atoms with Gasteiger partial charge in [-0.15, -0.1) is 0 Å². The van der Waals surface area contributed by atoms with Gasteiger partial charge in [-0.2, -0.15) is 0 Å². The van der Waals surface area contributed by atoms with Gasteiger partial charge in [-0.25, -0.2) is 0 Å². The van der Waals surface area contributed by atoms with Gasteiger partial charge in [0.2, 0.25) is 12.7 Å². The van der Waals surface area contributed by atoms with Gasteiger partial charge in [-0.1, -0.05) is 36.4 Å². The van der Waals surface area contributed by atoms with E-state index in [4.69, 9.17) is 14.2 Å². The number of benzene rings is 2. The Kier molecular flexibility index (Phi) is 6.50. The predicted octanol–water partition coefficient (Wildman–Crippen LogP) is 3.63. The van der Waals surface area contributed by atoms with Crippen molar-refractivity contribution in [3.05, 3.63) is 59.7 Å². The van der Waals surface area contributed by atoms with Crippen LogP contribution < -0.4 is 14.8 Å². The van der Waals surface area contributed by atoms with Gasteiger partial charge in [0, 0.05) is 19.6 Å². The fourth-order valence-corrected chi connectivity index (χ4v) is 2.82. The molecule has 0 unspecified atom stereocenters. The molecule has 0 spiro atoms. The lowest BCUT2D eigenvalue weighted by atomic mass is 10.1. The van der Waals surface area contributed by atoms with Crippen molar-refractivity contribution in [3.8, 4) is 11.5 Å². The van der Waals surface area contributed by atoms with E-state index in [2.05, 4.69) is 17.4 Å². The van der Waals surface area contributed by atoms with E-state index in [1.54, 1.807) is 0 Å². The first-order chi connectivity index (χ1) is 12.7. The summed E-state index contributed by atoms with van der Waals surface area (Å²) >= 11 is 0. The molecule has 5 heteroatoms. The monoisotopic (exact) mass is 355 g/mol. The van der Waals surface area contributed by atoms with Gasteiger partial charge < -0.3 is 19.5 Å². The lowest BCUT2D eigenvalue weighted by Crippen LogP contribution is -2.25. The standard InChI is InChI=1S/C21H25NO4/c1-16(18-6-3-2-4-7-18)24-13-5-12-22-21(23)11-9-17-8-10-19-20(14-17)26-15-25-19/h2-4,6-8,10,14,16H,5,9,11-13,15H2,1H3,(H,22,23)/t16-/m0/s1. The molecule has 0 bridgehead atoms. The third kappa shape index (κ3) is 5.23. The SMILES string of the molecule is C[C@H](OCCCNC(=O)CCc1ccc2c(c1)OCO2)c1ccccc1. The van der Waals surface area contributed by atoms with E-state index in [9.17, 15) is 4.79 Å². The smallest absolute Gasteiger partial charge is 0.231 e. The summed E-state index contributed by atoms with van der Waals surface area (Å²) in [7, 11) is 0. The molecule has 5 nitrogen and oxygen atoms in total. The average Bonchev–Trinajstić information content (AvgIpc) is 3.14. The average molecular weight is 355 g/mol. The van der Waals surface area contributed by atoms with Gasteiger partial charge in [0.15, 0.2) is 11.5 Å². The molecule has 0 fully saturated rings. The van der Waals surface area contributed by atoms with Crippen LogP contribution in [0.3, 0.4) is 0 Å². The molecule has 2 aromatic rings. The highest BCUT2D eigenvalue weighted by Gasteiger charge is 2.13. The Morgan fingerprint density at radius 2 is 1.96 bits per heavy atom. The zero-order valence-electron chi connectivity index (χ0n) is 15.1. The van der Waals surface area contributed by atoms with Crippen LogP contribution >= 0.6 is 0 Å². The minimum atomic E-state index is 0.0544. The molecular weight excluding hydrogens is 330 g/mol. The van der Waals surface area contributed by atoms with Gasteiger partial charge in [0.1, 0.15) is 0 Å². The minimum absolute atomic E-state index is 0.0544. The molecule has 0 aromatic heterocycles. The summed E-state index contributed by atoms with van der Waals surface area (Å²) in [5.74, 6) is 1.58. The largest absolute Gasteiger partial charge is 0.454 e. The Hall–Kier alpha value is -2.53. The molecule has 0 aliphatic carbocycles. The van der Waals surface area contributed by atoms with Crippen molar-refractivity contribution in [2.45, 2.75) is 32.3 Å². The van der Waals surface area contributed by atoms with E-state index in [0.29, 0.717) is 26.0 Å². The molecule has 0 saturated carbocycles. The van der Waals surface area contributed by atoms with E-state index >= 15 is 0 Å². The van der Waals surface area contributed by atoms with Gasteiger partial charge in [-0.3, -0.25) is 4.79 Å². The summed E-state index contributed by atoms with van der Waals surface area (Å²) in [4.78, 5) is 12.0. The lowest BCUT2D eigenvalue weighted by Gasteiger charge is -2.13. The maximum atomic E-state index is 12.0. The van der Waals surface area contributed by atoms with Crippen LogP contribution in [0.25, 0.3) is 0 Å². The molecule has 3 rings (SSSR count). The third-order valence-electron chi connectivity index (χ3n) is 4.36. The van der Waals surface area contributed by atoms with Crippen molar-refractivity contribution in [2.75, 3.05) is 19.9 Å². The van der Waals surface area contributed by atoms with Gasteiger partial charge in [0.25, 0.3) is 0 Å². The summed E-state index contributed by atoms with van der Waals surface area (Å²) in [6.45, 7) is 3.56. The number of carbonyl (C=O) groups excluding carboxylic acids is 1. The molecule has 1 heterocycles. The van der Waals surface area contributed by atoms with Crippen LogP contribution in [0.15, 0.2) is 48.5 Å². The summed E-state index contributed by atoms with van der Waals surface area (Å²) in [5, 5.41) is 2.94. The summed E-state index contributed by atoms with van der Waals surface area (Å²) < 4.78 is 16.4. The molecule has 1 aliphatic heterocycles. The second-order valence-corrected chi connectivity index (χ2v) is 6.31. The topological polar surface area (TPSA) is 56.8 Å². The molecule has 1 aliphatic rings. The molecule has 2 aromatic carbocycles. The summed E-state index contributed by atoms with van der Waals surface area (Å²) in [6, 6.07) is 15.9. The number of nitrogens with one attached hydrogen (secondary N) is 1. The summed E-state index contributed by atoms with van der Waals surface area (Å²) in [6.07, 6.45) is 2.01. The van der Waals surface area contributed by atoms with Crippen molar-refractivity contribution in [2.24, 2.45) is 0 Å². The normalized spacial score (nSPS) is 13.4. The van der Waals surface area contributed by atoms with Crippen LogP contribution in [-0.4, -0.2) is 25.9 Å². The first-order valence-electron chi connectivity index (χ1n) is 9.04. The van der Waals surface area contributed by atoms with Gasteiger partial charge in [0.05, 0.1) is 6.10 Å². The van der Waals surface area contributed by atoms with Crippen LogP contribution in [0.5, 0.6) is 11.5 Å². The van der Waals surface area contributed by atoms with E-state index < -0.39 is 0 Å². The third-order valence-corrected chi connectivity index (χ3v) is 4.36. The van der Waals surface area contributed by atoms with E-state index in [0.717, 1.165) is 23.5 Å². The minimum Gasteiger partial charge on any atom is -0.454 e. The quantitative estimate of drug-likeness (QED) is 0.698. The molecule has 138 valence electrons. The van der Waals surface area contributed by atoms with Crippen LogP contribution in [0, 0.1) is 0 Å². The molecule has 1 N–H and O–H groups in total. The highest BCUT2D eigenvalue weighted by Crippen LogP contribution is 2.32. The molecule has 0 radical (unpaired) electrons. The van der Waals surface area contributed by atoms with Crippen molar-refractivity contribution in [1.82, 2.24) is 5.32 Å². The van der Waals surface area contributed by atoms with E-state index in [1.807, 2.05) is 43.3 Å². The molecule has 26 heavy (non-hydrogen) atoms. The molecule has 1 amide bonds. The number of amides is 1. The van der Waals surface area contributed by atoms with Gasteiger partial charge >= 0.3 is 0 Å². The van der Waals surface area contributed by atoms with Gasteiger partial charge in [-0.05, 0) is 43.0 Å². The Morgan fingerprint density at radius 3 is 2.81 bits per heavy atom. The highest BCUT2D eigenvalue weighted by molar-refractivity contribution is 5.76. The second kappa shape index (κ2) is 9.25. The Balaban J connectivity index is 1.28.